The largest absolute Gasteiger partial charge is 0.353 e. The number of hydrogen-bond donors (Lipinski definition) is 2. The Morgan fingerprint density at radius 1 is 1.14 bits per heavy atom. The normalized spacial score (nSPS) is 17.1. The van der Waals surface area contributed by atoms with Crippen LogP contribution in [0.1, 0.15) is 59.3 Å². The average Bonchev–Trinajstić information content (AvgIpc) is 3.36. The third-order valence-electron chi connectivity index (χ3n) is 5.48. The van der Waals surface area contributed by atoms with Crippen molar-refractivity contribution in [3.05, 3.63) is 40.5 Å². The second-order valence-electron chi connectivity index (χ2n) is 7.49. The third-order valence-corrected chi connectivity index (χ3v) is 7.89. The van der Waals surface area contributed by atoms with Crippen molar-refractivity contribution in [1.29, 1.82) is 0 Å². The van der Waals surface area contributed by atoms with Crippen LogP contribution < -0.4 is 10.6 Å². The van der Waals surface area contributed by atoms with Crippen molar-refractivity contribution < 1.29 is 9.59 Å². The molecule has 1 aliphatic heterocycles. The number of rotatable bonds is 6. The van der Waals surface area contributed by atoms with E-state index in [0.717, 1.165) is 41.3 Å². The highest BCUT2D eigenvalue weighted by Gasteiger charge is 2.26. The van der Waals surface area contributed by atoms with Gasteiger partial charge in [-0.2, -0.15) is 11.8 Å². The van der Waals surface area contributed by atoms with Gasteiger partial charge in [-0.1, -0.05) is 19.3 Å². The monoisotopic (exact) mass is 417 g/mol. The van der Waals surface area contributed by atoms with Gasteiger partial charge in [0.25, 0.3) is 5.91 Å². The van der Waals surface area contributed by atoms with Crippen LogP contribution in [-0.4, -0.2) is 34.7 Å². The van der Waals surface area contributed by atoms with Crippen LogP contribution in [0.2, 0.25) is 0 Å². The van der Waals surface area contributed by atoms with Crippen molar-refractivity contribution in [3.63, 3.8) is 0 Å². The van der Waals surface area contributed by atoms with Crippen LogP contribution in [0, 0.1) is 0 Å². The van der Waals surface area contributed by atoms with E-state index in [1.807, 2.05) is 40.9 Å². The van der Waals surface area contributed by atoms with Crippen LogP contribution in [0.3, 0.4) is 0 Å². The van der Waals surface area contributed by atoms with Crippen LogP contribution in [0.25, 0.3) is 5.00 Å². The summed E-state index contributed by atoms with van der Waals surface area (Å²) in [5, 5.41) is 7.10. The van der Waals surface area contributed by atoms with Crippen molar-refractivity contribution in [1.82, 2.24) is 15.2 Å². The molecule has 4 rings (SSSR count). The Morgan fingerprint density at radius 3 is 2.71 bits per heavy atom. The number of thiophene rings is 1. The van der Waals surface area contributed by atoms with Gasteiger partial charge in [-0.3, -0.25) is 9.59 Å². The highest BCUT2D eigenvalue weighted by molar-refractivity contribution is 7.98. The number of thioether (sulfide) groups is 1. The minimum Gasteiger partial charge on any atom is -0.353 e. The lowest BCUT2D eigenvalue weighted by molar-refractivity contribution is -0.121. The molecule has 5 nitrogen and oxygen atoms in total. The maximum Gasteiger partial charge on any atom is 0.254 e. The molecule has 2 aromatic rings. The summed E-state index contributed by atoms with van der Waals surface area (Å²) in [6.07, 6.45) is 11.1. The summed E-state index contributed by atoms with van der Waals surface area (Å²) in [6, 6.07) is 4.27. The molecule has 2 N–H and O–H groups in total. The summed E-state index contributed by atoms with van der Waals surface area (Å²) in [5.74, 6) is 2.02. The SMILES string of the molecule is O=C(CCNC(=O)c1c(-n2cccc2)sc2c1CCSC2)NC1CCCCC1. The molecule has 0 radical (unpaired) electrons. The molecule has 0 aromatic carbocycles. The number of carbonyl (C=O) groups is 2. The first-order valence-electron chi connectivity index (χ1n) is 10.2. The minimum absolute atomic E-state index is 0.0431. The molecular weight excluding hydrogens is 390 g/mol. The van der Waals surface area contributed by atoms with Gasteiger partial charge in [-0.15, -0.1) is 11.3 Å². The lowest BCUT2D eigenvalue weighted by atomic mass is 9.95. The first kappa shape index (κ1) is 19.6. The molecule has 0 atom stereocenters. The summed E-state index contributed by atoms with van der Waals surface area (Å²) in [5.41, 5.74) is 1.99. The zero-order valence-corrected chi connectivity index (χ0v) is 17.7. The van der Waals surface area contributed by atoms with Gasteiger partial charge >= 0.3 is 0 Å². The number of fused-ring (bicyclic) bond motifs is 1. The number of aromatic nitrogens is 1. The fourth-order valence-corrected chi connectivity index (χ4v) is 6.47. The van der Waals surface area contributed by atoms with E-state index in [-0.39, 0.29) is 11.8 Å². The highest BCUT2D eigenvalue weighted by Crippen LogP contribution is 2.38. The molecule has 0 bridgehead atoms. The van der Waals surface area contributed by atoms with Gasteiger partial charge in [-0.05, 0) is 42.7 Å². The van der Waals surface area contributed by atoms with E-state index in [9.17, 15) is 9.59 Å². The number of nitrogens with one attached hydrogen (secondary N) is 2. The van der Waals surface area contributed by atoms with Crippen LogP contribution in [-0.2, 0) is 17.0 Å². The zero-order valence-electron chi connectivity index (χ0n) is 16.0. The predicted octanol–water partition coefficient (Wildman–Crippen LogP) is 3.90. The van der Waals surface area contributed by atoms with Crippen molar-refractivity contribution in [2.45, 2.75) is 56.7 Å². The number of carbonyl (C=O) groups excluding carboxylic acids is 2. The standard InChI is InChI=1S/C21H27N3O2S2/c25-18(23-15-6-2-1-3-7-15)8-10-22-20(26)19-16-9-13-27-14-17(16)28-21(19)24-11-4-5-12-24/h4-5,11-12,15H,1-3,6-10,13-14H2,(H,22,26)(H,23,25). The number of hydrogen-bond acceptors (Lipinski definition) is 4. The minimum atomic E-state index is -0.0569. The Hall–Kier alpha value is -1.73. The van der Waals surface area contributed by atoms with E-state index >= 15 is 0 Å². The molecule has 2 amide bonds. The maximum absolute atomic E-state index is 13.0. The average molecular weight is 418 g/mol. The number of amides is 2. The third kappa shape index (κ3) is 4.46. The molecule has 0 saturated heterocycles. The van der Waals surface area contributed by atoms with Crippen LogP contribution in [0.15, 0.2) is 24.5 Å². The molecule has 1 fully saturated rings. The smallest absolute Gasteiger partial charge is 0.254 e. The lowest BCUT2D eigenvalue weighted by Gasteiger charge is -2.22. The van der Waals surface area contributed by atoms with Gasteiger partial charge in [0.1, 0.15) is 5.00 Å². The molecule has 3 heterocycles. The molecule has 0 unspecified atom stereocenters. The second kappa shape index (κ2) is 9.18. The van der Waals surface area contributed by atoms with Gasteiger partial charge in [-0.25, -0.2) is 0 Å². The molecule has 2 aromatic heterocycles. The first-order valence-corrected chi connectivity index (χ1v) is 12.1. The molecule has 7 heteroatoms. The maximum atomic E-state index is 13.0. The van der Waals surface area contributed by atoms with Crippen molar-refractivity contribution in [2.75, 3.05) is 12.3 Å². The van der Waals surface area contributed by atoms with Gasteiger partial charge < -0.3 is 15.2 Å². The zero-order chi connectivity index (χ0) is 19.3. The van der Waals surface area contributed by atoms with Gasteiger partial charge in [0, 0.05) is 42.0 Å². The van der Waals surface area contributed by atoms with Gasteiger partial charge in [0.05, 0.1) is 5.56 Å². The molecule has 28 heavy (non-hydrogen) atoms. The lowest BCUT2D eigenvalue weighted by Crippen LogP contribution is -2.38. The first-order chi connectivity index (χ1) is 13.7. The fraction of sp³-hybridized carbons (Fsp3) is 0.524. The predicted molar refractivity (Wildman–Crippen MR) is 115 cm³/mol. The van der Waals surface area contributed by atoms with Crippen LogP contribution >= 0.6 is 23.1 Å². The summed E-state index contributed by atoms with van der Waals surface area (Å²) >= 11 is 3.64. The van der Waals surface area contributed by atoms with Gasteiger partial charge in [0.2, 0.25) is 5.91 Å². The van der Waals surface area contributed by atoms with E-state index in [1.54, 1.807) is 11.3 Å². The molecular formula is C21H27N3O2S2. The Labute approximate surface area is 174 Å². The second-order valence-corrected chi connectivity index (χ2v) is 9.67. The van der Waals surface area contributed by atoms with Gasteiger partial charge in [0.15, 0.2) is 0 Å². The molecule has 150 valence electrons. The van der Waals surface area contributed by atoms with E-state index in [4.69, 9.17) is 0 Å². The summed E-state index contributed by atoms with van der Waals surface area (Å²) in [7, 11) is 0. The molecule has 1 saturated carbocycles. The fourth-order valence-electron chi connectivity index (χ4n) is 4.03. The van der Waals surface area contributed by atoms with Crippen molar-refractivity contribution in [2.24, 2.45) is 0 Å². The Kier molecular flexibility index (Phi) is 6.42. The van der Waals surface area contributed by atoms with E-state index in [0.29, 0.717) is 19.0 Å². The Morgan fingerprint density at radius 2 is 1.93 bits per heavy atom. The summed E-state index contributed by atoms with van der Waals surface area (Å²) in [6.45, 7) is 0.377. The van der Waals surface area contributed by atoms with Crippen molar-refractivity contribution in [3.8, 4) is 5.00 Å². The van der Waals surface area contributed by atoms with Crippen LogP contribution in [0.5, 0.6) is 0 Å². The highest BCUT2D eigenvalue weighted by atomic mass is 32.2. The van der Waals surface area contributed by atoms with E-state index in [2.05, 4.69) is 10.6 Å². The number of nitrogens with zero attached hydrogens (tertiary/aromatic N) is 1. The van der Waals surface area contributed by atoms with Crippen LogP contribution in [0.4, 0.5) is 0 Å². The topological polar surface area (TPSA) is 63.1 Å². The summed E-state index contributed by atoms with van der Waals surface area (Å²) < 4.78 is 2.03. The Balaban J connectivity index is 1.39. The summed E-state index contributed by atoms with van der Waals surface area (Å²) in [4.78, 5) is 26.5. The molecule has 2 aliphatic rings. The Bertz CT molecular complexity index is 823. The molecule has 0 spiro atoms. The van der Waals surface area contributed by atoms with E-state index in [1.165, 1.54) is 29.7 Å². The van der Waals surface area contributed by atoms with Crippen molar-refractivity contribution >= 4 is 34.9 Å². The quantitative estimate of drug-likeness (QED) is 0.749. The molecule has 1 aliphatic carbocycles. The van der Waals surface area contributed by atoms with E-state index < -0.39 is 0 Å².